The molecule has 4 amide bonds. The van der Waals surface area contributed by atoms with Gasteiger partial charge in [-0.3, -0.25) is 19.3 Å². The molecule has 11 heteroatoms. The predicted molar refractivity (Wildman–Crippen MR) is 119 cm³/mol. The molecule has 34 heavy (non-hydrogen) atoms. The summed E-state index contributed by atoms with van der Waals surface area (Å²) < 4.78 is 24.0. The van der Waals surface area contributed by atoms with Crippen molar-refractivity contribution in [3.63, 3.8) is 0 Å². The molecule has 1 aromatic heterocycles. The number of likely N-dealkylation sites (tertiary alicyclic amines) is 1. The number of hydrogen-bond acceptors (Lipinski definition) is 6. The maximum atomic E-state index is 13.7. The van der Waals surface area contributed by atoms with Crippen molar-refractivity contribution >= 4 is 41.2 Å². The van der Waals surface area contributed by atoms with Gasteiger partial charge in [-0.25, -0.2) is 9.18 Å². The molecule has 1 fully saturated rings. The Kier molecular flexibility index (Phi) is 6.20. The summed E-state index contributed by atoms with van der Waals surface area (Å²) in [4.78, 5) is 53.4. The number of benzene rings is 1. The highest BCUT2D eigenvalue weighted by Gasteiger charge is 2.39. The smallest absolute Gasteiger partial charge is 0.408 e. The Morgan fingerprint density at radius 3 is 2.79 bits per heavy atom. The highest BCUT2D eigenvalue weighted by atomic mass is 19.1. The quantitative estimate of drug-likeness (QED) is 0.438. The average molecular weight is 470 g/mol. The summed E-state index contributed by atoms with van der Waals surface area (Å²) in [6.07, 6.45) is 0.501. The topological polar surface area (TPSA) is 130 Å². The number of carbonyl (C=O) groups excluding carboxylic acids is 4. The number of H-pyrrole nitrogens is 1. The van der Waals surface area contributed by atoms with Gasteiger partial charge in [0, 0.05) is 29.6 Å². The van der Waals surface area contributed by atoms with Crippen LogP contribution in [-0.4, -0.2) is 60.0 Å². The molecule has 0 unspecified atom stereocenters. The van der Waals surface area contributed by atoms with E-state index in [0.29, 0.717) is 28.2 Å². The van der Waals surface area contributed by atoms with Crippen LogP contribution in [0.4, 0.5) is 14.9 Å². The van der Waals surface area contributed by atoms with E-state index in [1.54, 1.807) is 19.9 Å². The van der Waals surface area contributed by atoms with Crippen molar-refractivity contribution in [2.45, 2.75) is 26.3 Å². The zero-order valence-electron chi connectivity index (χ0n) is 18.8. The number of halogens is 1. The monoisotopic (exact) mass is 470 g/mol. The Morgan fingerprint density at radius 1 is 1.29 bits per heavy atom. The minimum absolute atomic E-state index is 0.107. The van der Waals surface area contributed by atoms with Crippen molar-refractivity contribution in [1.29, 1.82) is 0 Å². The lowest BCUT2D eigenvalue weighted by atomic mass is 10.0. The van der Waals surface area contributed by atoms with E-state index in [1.807, 2.05) is 0 Å². The van der Waals surface area contributed by atoms with Crippen LogP contribution in [0.1, 0.15) is 28.9 Å². The van der Waals surface area contributed by atoms with Gasteiger partial charge in [0.25, 0.3) is 11.8 Å². The Balaban J connectivity index is 1.50. The highest BCUT2D eigenvalue weighted by molar-refractivity contribution is 6.34. The number of rotatable bonds is 6. The summed E-state index contributed by atoms with van der Waals surface area (Å²) in [7, 11) is 1.46. The van der Waals surface area contributed by atoms with E-state index in [0.717, 1.165) is 4.90 Å². The molecular formula is C23H23FN4O6. The third-order valence-electron chi connectivity index (χ3n) is 5.71. The van der Waals surface area contributed by atoms with Gasteiger partial charge in [-0.1, -0.05) is 0 Å². The molecule has 0 aliphatic carbocycles. The fourth-order valence-electron chi connectivity index (χ4n) is 3.98. The number of nitrogens with zero attached hydrogens (tertiary/aromatic N) is 1. The fourth-order valence-corrected chi connectivity index (χ4v) is 3.98. The number of carbonyl (C=O) groups is 4. The number of amides is 4. The number of aromatic amines is 1. The van der Waals surface area contributed by atoms with Crippen LogP contribution >= 0.6 is 0 Å². The van der Waals surface area contributed by atoms with Crippen molar-refractivity contribution in [1.82, 2.24) is 15.2 Å². The number of hydrogen-bond donors (Lipinski definition) is 3. The zero-order chi connectivity index (χ0) is 24.6. The SMILES string of the molecule is COCCN1C(=O)C[C@H](NC(=O)Oc2c(C)[nH]c(/C=C3\C(=O)Nc4ccc(F)cc43)c2C)C1=O. The number of aryl methyl sites for hydroxylation is 1. The van der Waals surface area contributed by atoms with Gasteiger partial charge < -0.3 is 25.1 Å². The number of anilines is 1. The number of ether oxygens (including phenoxy) is 2. The van der Waals surface area contributed by atoms with Crippen molar-refractivity contribution in [2.24, 2.45) is 0 Å². The van der Waals surface area contributed by atoms with Crippen LogP contribution in [0.3, 0.4) is 0 Å². The van der Waals surface area contributed by atoms with E-state index < -0.39 is 29.8 Å². The molecule has 3 heterocycles. The largest absolute Gasteiger partial charge is 0.413 e. The number of nitrogens with one attached hydrogen (secondary N) is 3. The molecule has 0 spiro atoms. The zero-order valence-corrected chi connectivity index (χ0v) is 18.8. The molecule has 0 radical (unpaired) electrons. The summed E-state index contributed by atoms with van der Waals surface area (Å²) in [6, 6.07) is 2.99. The van der Waals surface area contributed by atoms with Gasteiger partial charge in [0.05, 0.1) is 30.8 Å². The lowest BCUT2D eigenvalue weighted by Gasteiger charge is -2.15. The van der Waals surface area contributed by atoms with Gasteiger partial charge in [0.15, 0.2) is 5.75 Å². The van der Waals surface area contributed by atoms with Crippen LogP contribution in [0.15, 0.2) is 18.2 Å². The first-order chi connectivity index (χ1) is 16.2. The van der Waals surface area contributed by atoms with E-state index in [2.05, 4.69) is 15.6 Å². The summed E-state index contributed by atoms with van der Waals surface area (Å²) in [5, 5.41) is 5.11. The number of imide groups is 1. The first-order valence-electron chi connectivity index (χ1n) is 10.5. The van der Waals surface area contributed by atoms with Gasteiger partial charge >= 0.3 is 6.09 Å². The van der Waals surface area contributed by atoms with Gasteiger partial charge in [0.1, 0.15) is 11.9 Å². The van der Waals surface area contributed by atoms with Crippen molar-refractivity contribution in [3.8, 4) is 5.75 Å². The molecule has 1 saturated heterocycles. The minimum atomic E-state index is -1.02. The Morgan fingerprint density at radius 2 is 2.06 bits per heavy atom. The standard InChI is InChI=1S/C23H23FN4O6/c1-11-17(9-15-14-8-13(24)4-5-16(14)26-21(15)30)25-12(2)20(11)34-23(32)27-18-10-19(29)28(22(18)31)6-7-33-3/h4-5,8-9,18,25H,6-7,10H2,1-3H3,(H,26,30)(H,27,32)/b15-9-/t18-/m0/s1. The Labute approximate surface area is 194 Å². The third kappa shape index (κ3) is 4.29. The van der Waals surface area contributed by atoms with Crippen LogP contribution < -0.4 is 15.4 Å². The molecule has 3 N–H and O–H groups in total. The summed E-state index contributed by atoms with van der Waals surface area (Å²) in [6.45, 7) is 3.67. The molecule has 10 nitrogen and oxygen atoms in total. The van der Waals surface area contributed by atoms with E-state index in [1.165, 1.54) is 25.3 Å². The molecule has 178 valence electrons. The van der Waals surface area contributed by atoms with Gasteiger partial charge in [0.2, 0.25) is 5.91 Å². The lowest BCUT2D eigenvalue weighted by molar-refractivity contribution is -0.139. The van der Waals surface area contributed by atoms with Crippen LogP contribution in [-0.2, 0) is 19.1 Å². The van der Waals surface area contributed by atoms with Gasteiger partial charge in [-0.15, -0.1) is 0 Å². The molecule has 2 aliphatic heterocycles. The first kappa shape index (κ1) is 23.2. The Hall–Kier alpha value is -3.99. The molecule has 1 atom stereocenters. The van der Waals surface area contributed by atoms with Crippen LogP contribution in [0, 0.1) is 19.7 Å². The number of fused-ring (bicyclic) bond motifs is 1. The van der Waals surface area contributed by atoms with Crippen molar-refractivity contribution < 1.29 is 33.0 Å². The van der Waals surface area contributed by atoms with E-state index >= 15 is 0 Å². The molecule has 4 rings (SSSR count). The molecular weight excluding hydrogens is 447 g/mol. The second-order valence-corrected chi connectivity index (χ2v) is 7.99. The van der Waals surface area contributed by atoms with Crippen molar-refractivity contribution in [2.75, 3.05) is 25.6 Å². The molecule has 0 saturated carbocycles. The van der Waals surface area contributed by atoms with E-state index in [4.69, 9.17) is 9.47 Å². The minimum Gasteiger partial charge on any atom is -0.408 e. The van der Waals surface area contributed by atoms with Crippen LogP contribution in [0.2, 0.25) is 0 Å². The van der Waals surface area contributed by atoms with Gasteiger partial charge in [-0.05, 0) is 38.1 Å². The van der Waals surface area contributed by atoms with Gasteiger partial charge in [-0.2, -0.15) is 0 Å². The molecule has 2 aromatic rings. The maximum absolute atomic E-state index is 13.7. The van der Waals surface area contributed by atoms with Crippen LogP contribution in [0.5, 0.6) is 5.75 Å². The third-order valence-corrected chi connectivity index (χ3v) is 5.71. The summed E-state index contributed by atoms with van der Waals surface area (Å²) in [5.74, 6) is -1.56. The van der Waals surface area contributed by atoms with Crippen LogP contribution in [0.25, 0.3) is 11.6 Å². The fraction of sp³-hybridized carbons (Fsp3) is 0.304. The second kappa shape index (κ2) is 9.10. The normalized spacial score (nSPS) is 18.5. The summed E-state index contributed by atoms with van der Waals surface area (Å²) >= 11 is 0. The van der Waals surface area contributed by atoms with E-state index in [-0.39, 0.29) is 36.8 Å². The predicted octanol–water partition coefficient (Wildman–Crippen LogP) is 2.13. The number of methoxy groups -OCH3 is 1. The maximum Gasteiger partial charge on any atom is 0.413 e. The van der Waals surface area contributed by atoms with Crippen molar-refractivity contribution in [3.05, 3.63) is 46.5 Å². The molecule has 1 aromatic carbocycles. The highest BCUT2D eigenvalue weighted by Crippen LogP contribution is 2.35. The lowest BCUT2D eigenvalue weighted by Crippen LogP contribution is -2.43. The number of aromatic nitrogens is 1. The Bertz CT molecular complexity index is 1230. The first-order valence-corrected chi connectivity index (χ1v) is 10.5. The second-order valence-electron chi connectivity index (χ2n) is 7.99. The molecule has 2 aliphatic rings. The average Bonchev–Trinajstić information content (AvgIpc) is 3.33. The summed E-state index contributed by atoms with van der Waals surface area (Å²) in [5.41, 5.74) is 2.74. The van der Waals surface area contributed by atoms with E-state index in [9.17, 15) is 23.6 Å². The molecule has 0 bridgehead atoms.